The summed E-state index contributed by atoms with van der Waals surface area (Å²) in [4.78, 5) is 41.8. The number of carbonyl (C=O) groups excluding carboxylic acids is 3. The summed E-state index contributed by atoms with van der Waals surface area (Å²) >= 11 is 0. The van der Waals surface area contributed by atoms with E-state index in [1.165, 1.54) is 12.7 Å². The van der Waals surface area contributed by atoms with Gasteiger partial charge in [0, 0.05) is 23.6 Å². The molecule has 0 spiro atoms. The summed E-state index contributed by atoms with van der Waals surface area (Å²) in [7, 11) is 1.35. The summed E-state index contributed by atoms with van der Waals surface area (Å²) in [6.07, 6.45) is 2.76. The Hall–Kier alpha value is -4.19. The Kier molecular flexibility index (Phi) is 6.10. The number of fused-ring (bicyclic) bond motifs is 1. The van der Waals surface area contributed by atoms with Crippen molar-refractivity contribution in [1.82, 2.24) is 0 Å². The number of anilines is 2. The van der Waals surface area contributed by atoms with Crippen LogP contribution in [0, 0.1) is 12.8 Å². The van der Waals surface area contributed by atoms with Gasteiger partial charge in [-0.05, 0) is 67.5 Å². The molecule has 0 unspecified atom stereocenters. The molecule has 3 aliphatic rings. The summed E-state index contributed by atoms with van der Waals surface area (Å²) in [6, 6.07) is 22.6. The van der Waals surface area contributed by atoms with Crippen LogP contribution in [0.5, 0.6) is 0 Å². The third-order valence-electron chi connectivity index (χ3n) is 7.85. The van der Waals surface area contributed by atoms with Crippen LogP contribution in [-0.4, -0.2) is 24.8 Å². The van der Waals surface area contributed by atoms with Crippen molar-refractivity contribution in [2.45, 2.75) is 44.6 Å². The largest absolute Gasteiger partial charge is 0.465 e. The van der Waals surface area contributed by atoms with Crippen molar-refractivity contribution >= 4 is 29.0 Å². The molecule has 1 aliphatic heterocycles. The number of Topliss-reactive ketones (excluding diaryl/α,β-unsaturated/α-hetero) is 1. The molecule has 1 amide bonds. The number of ketones is 1. The van der Waals surface area contributed by atoms with Crippen molar-refractivity contribution in [2.75, 3.05) is 17.3 Å². The zero-order valence-corrected chi connectivity index (χ0v) is 21.6. The van der Waals surface area contributed by atoms with Crippen LogP contribution in [0.15, 0.2) is 84.1 Å². The molecule has 0 bridgehead atoms. The lowest BCUT2D eigenvalue weighted by Gasteiger charge is -2.35. The molecule has 6 heteroatoms. The molecule has 1 heterocycles. The predicted molar refractivity (Wildman–Crippen MR) is 146 cm³/mol. The van der Waals surface area contributed by atoms with Gasteiger partial charge in [-0.1, -0.05) is 54.1 Å². The van der Waals surface area contributed by atoms with Gasteiger partial charge >= 0.3 is 5.97 Å². The van der Waals surface area contributed by atoms with Gasteiger partial charge in [0.15, 0.2) is 5.78 Å². The maximum Gasteiger partial charge on any atom is 0.337 e. The summed E-state index contributed by atoms with van der Waals surface area (Å²) in [5.74, 6) is -0.350. The van der Waals surface area contributed by atoms with E-state index in [0.29, 0.717) is 24.0 Å². The number of carbonyl (C=O) groups is 3. The Bertz CT molecular complexity index is 1450. The lowest BCUT2D eigenvalue weighted by molar-refractivity contribution is -0.120. The molecular formula is C32H30N2O4. The van der Waals surface area contributed by atoms with Crippen molar-refractivity contribution in [3.63, 3.8) is 0 Å². The third kappa shape index (κ3) is 4.30. The molecule has 1 saturated carbocycles. The van der Waals surface area contributed by atoms with E-state index in [0.717, 1.165) is 41.0 Å². The van der Waals surface area contributed by atoms with Gasteiger partial charge in [0.25, 0.3) is 0 Å². The van der Waals surface area contributed by atoms with E-state index >= 15 is 0 Å². The normalized spacial score (nSPS) is 20.7. The highest BCUT2D eigenvalue weighted by molar-refractivity contribution is 6.07. The molecule has 6 nitrogen and oxygen atoms in total. The number of ether oxygens (including phenoxy) is 1. The number of nitrogens with zero attached hydrogens (tertiary/aromatic N) is 1. The maximum absolute atomic E-state index is 14.0. The van der Waals surface area contributed by atoms with E-state index in [-0.39, 0.29) is 23.5 Å². The number of allylic oxidation sites excluding steroid dienone is 1. The SMILES string of the molecule is COC(=O)c1ccc([C@@H]2C3=C(C[C@H](c4ccc(C)cc4)CC3=O)Nc3ccccc3N2C(=O)C2CC2)cc1. The molecule has 2 atom stereocenters. The van der Waals surface area contributed by atoms with Gasteiger partial charge in [-0.3, -0.25) is 14.5 Å². The Morgan fingerprint density at radius 2 is 1.58 bits per heavy atom. The van der Waals surface area contributed by atoms with Crippen LogP contribution in [0.4, 0.5) is 11.4 Å². The second-order valence-electron chi connectivity index (χ2n) is 10.5. The van der Waals surface area contributed by atoms with Crippen molar-refractivity contribution in [3.05, 3.63) is 106 Å². The van der Waals surface area contributed by atoms with Crippen LogP contribution in [-0.2, 0) is 14.3 Å². The monoisotopic (exact) mass is 506 g/mol. The van der Waals surface area contributed by atoms with Gasteiger partial charge in [-0.25, -0.2) is 4.79 Å². The second kappa shape index (κ2) is 9.60. The number of hydrogen-bond acceptors (Lipinski definition) is 5. The second-order valence-corrected chi connectivity index (χ2v) is 10.5. The van der Waals surface area contributed by atoms with Gasteiger partial charge < -0.3 is 10.1 Å². The Labute approximate surface area is 222 Å². The van der Waals surface area contributed by atoms with Crippen LogP contribution in [0.2, 0.25) is 0 Å². The third-order valence-corrected chi connectivity index (χ3v) is 7.85. The number of nitrogens with one attached hydrogen (secondary N) is 1. The van der Waals surface area contributed by atoms with Crippen molar-refractivity contribution in [3.8, 4) is 0 Å². The Morgan fingerprint density at radius 1 is 0.895 bits per heavy atom. The number of hydrogen-bond donors (Lipinski definition) is 1. The van der Waals surface area contributed by atoms with E-state index in [1.54, 1.807) is 12.1 Å². The Balaban J connectivity index is 1.51. The molecule has 0 radical (unpaired) electrons. The van der Waals surface area contributed by atoms with Crippen molar-refractivity contribution in [1.29, 1.82) is 0 Å². The van der Waals surface area contributed by atoms with E-state index in [2.05, 4.69) is 36.5 Å². The smallest absolute Gasteiger partial charge is 0.337 e. The number of benzene rings is 3. The highest BCUT2D eigenvalue weighted by Gasteiger charge is 2.45. The van der Waals surface area contributed by atoms with Crippen LogP contribution >= 0.6 is 0 Å². The minimum atomic E-state index is -0.590. The number of rotatable bonds is 4. The molecule has 0 saturated heterocycles. The highest BCUT2D eigenvalue weighted by Crippen LogP contribution is 2.49. The van der Waals surface area contributed by atoms with Crippen LogP contribution in [0.3, 0.4) is 0 Å². The van der Waals surface area contributed by atoms with Gasteiger partial charge in [0.05, 0.1) is 30.1 Å². The van der Waals surface area contributed by atoms with Crippen LogP contribution in [0.25, 0.3) is 0 Å². The van der Waals surface area contributed by atoms with Crippen molar-refractivity contribution < 1.29 is 19.1 Å². The number of methoxy groups -OCH3 is 1. The maximum atomic E-state index is 14.0. The predicted octanol–water partition coefficient (Wildman–Crippen LogP) is 6.09. The van der Waals surface area contributed by atoms with Crippen LogP contribution in [0.1, 0.15) is 64.7 Å². The lowest BCUT2D eigenvalue weighted by Crippen LogP contribution is -2.39. The molecule has 3 aromatic carbocycles. The first-order valence-corrected chi connectivity index (χ1v) is 13.1. The summed E-state index contributed by atoms with van der Waals surface area (Å²) in [6.45, 7) is 2.06. The molecular weight excluding hydrogens is 476 g/mol. The van der Waals surface area contributed by atoms with E-state index in [9.17, 15) is 14.4 Å². The van der Waals surface area contributed by atoms with Crippen molar-refractivity contribution in [2.24, 2.45) is 5.92 Å². The lowest BCUT2D eigenvalue weighted by atomic mass is 9.78. The average molecular weight is 507 g/mol. The number of amides is 1. The average Bonchev–Trinajstić information content (AvgIpc) is 3.79. The number of para-hydroxylation sites is 2. The van der Waals surface area contributed by atoms with E-state index < -0.39 is 12.0 Å². The minimum absolute atomic E-state index is 0.0310. The van der Waals surface area contributed by atoms with Crippen LogP contribution < -0.4 is 10.2 Å². The molecule has 2 aliphatic carbocycles. The summed E-state index contributed by atoms with van der Waals surface area (Å²) in [5, 5.41) is 3.58. The fourth-order valence-electron chi connectivity index (χ4n) is 5.67. The first-order valence-electron chi connectivity index (χ1n) is 13.1. The molecule has 38 heavy (non-hydrogen) atoms. The fraction of sp³-hybridized carbons (Fsp3) is 0.281. The molecule has 6 rings (SSSR count). The van der Waals surface area contributed by atoms with Gasteiger partial charge in [0.1, 0.15) is 0 Å². The van der Waals surface area contributed by atoms with Gasteiger partial charge in [-0.15, -0.1) is 0 Å². The standard InChI is InChI=1S/C32H30N2O4/c1-19-7-9-20(10-8-19)24-17-26-29(28(35)18-24)30(21-11-15-23(16-12-21)32(37)38-2)34(31(36)22-13-14-22)27-6-4-3-5-25(27)33-26/h3-12,15-16,22,24,30,33H,13-14,17-18H2,1-2H3/t24-,30+/m0/s1. The van der Waals surface area contributed by atoms with E-state index in [1.807, 2.05) is 41.3 Å². The van der Waals surface area contributed by atoms with E-state index in [4.69, 9.17) is 4.74 Å². The zero-order valence-electron chi connectivity index (χ0n) is 21.6. The Morgan fingerprint density at radius 3 is 2.26 bits per heavy atom. The van der Waals surface area contributed by atoms with Gasteiger partial charge in [-0.2, -0.15) is 0 Å². The molecule has 0 aromatic heterocycles. The summed E-state index contributed by atoms with van der Waals surface area (Å²) < 4.78 is 4.87. The number of esters is 1. The fourth-order valence-corrected chi connectivity index (χ4v) is 5.67. The van der Waals surface area contributed by atoms with Gasteiger partial charge in [0.2, 0.25) is 5.91 Å². The first-order chi connectivity index (χ1) is 18.4. The molecule has 192 valence electrons. The zero-order chi connectivity index (χ0) is 26.4. The molecule has 1 fully saturated rings. The first kappa shape index (κ1) is 24.2. The quantitative estimate of drug-likeness (QED) is 0.433. The summed E-state index contributed by atoms with van der Waals surface area (Å²) in [5.41, 5.74) is 6.60. The minimum Gasteiger partial charge on any atom is -0.465 e. The molecule has 3 aromatic rings. The molecule has 1 N–H and O–H groups in total. The topological polar surface area (TPSA) is 75.7 Å². The number of aryl methyl sites for hydroxylation is 1. The highest BCUT2D eigenvalue weighted by atomic mass is 16.5.